The van der Waals surface area contributed by atoms with Crippen molar-refractivity contribution in [1.29, 1.82) is 0 Å². The number of amides is 2. The SMILES string of the molecule is O=C(Nc1ccc(Cl)cc1)[C@@H]1CCCN1C(=O)Cc1ccccc1. The van der Waals surface area contributed by atoms with Gasteiger partial charge in [-0.2, -0.15) is 0 Å². The minimum Gasteiger partial charge on any atom is -0.330 e. The molecule has 0 saturated carbocycles. The third kappa shape index (κ3) is 3.95. The van der Waals surface area contributed by atoms with E-state index in [0.717, 1.165) is 12.0 Å². The summed E-state index contributed by atoms with van der Waals surface area (Å²) in [5.74, 6) is -0.147. The van der Waals surface area contributed by atoms with Gasteiger partial charge in [0.05, 0.1) is 6.42 Å². The van der Waals surface area contributed by atoms with Gasteiger partial charge in [0, 0.05) is 17.3 Å². The van der Waals surface area contributed by atoms with Crippen LogP contribution in [0.25, 0.3) is 0 Å². The zero-order valence-electron chi connectivity index (χ0n) is 13.2. The molecule has 2 amide bonds. The normalized spacial score (nSPS) is 16.9. The maximum Gasteiger partial charge on any atom is 0.247 e. The van der Waals surface area contributed by atoms with Crippen LogP contribution in [0.4, 0.5) is 5.69 Å². The van der Waals surface area contributed by atoms with E-state index in [4.69, 9.17) is 11.6 Å². The fourth-order valence-corrected chi connectivity index (χ4v) is 3.09. The third-order valence-corrected chi connectivity index (χ3v) is 4.44. The number of halogens is 1. The van der Waals surface area contributed by atoms with Gasteiger partial charge in [0.2, 0.25) is 11.8 Å². The van der Waals surface area contributed by atoms with E-state index in [1.54, 1.807) is 29.2 Å². The number of carbonyl (C=O) groups excluding carboxylic acids is 2. The average Bonchev–Trinajstić information content (AvgIpc) is 3.08. The molecule has 1 fully saturated rings. The van der Waals surface area contributed by atoms with Crippen LogP contribution in [0.1, 0.15) is 18.4 Å². The molecule has 2 aromatic carbocycles. The van der Waals surface area contributed by atoms with Crippen LogP contribution < -0.4 is 5.32 Å². The van der Waals surface area contributed by atoms with Crippen LogP contribution in [0.15, 0.2) is 54.6 Å². The van der Waals surface area contributed by atoms with E-state index >= 15 is 0 Å². The van der Waals surface area contributed by atoms with Crippen LogP contribution in [0.5, 0.6) is 0 Å². The number of likely N-dealkylation sites (tertiary alicyclic amines) is 1. The molecule has 0 spiro atoms. The summed E-state index contributed by atoms with van der Waals surface area (Å²) in [4.78, 5) is 26.8. The minimum atomic E-state index is -0.406. The first kappa shape index (κ1) is 16.5. The second-order valence-corrected chi connectivity index (χ2v) is 6.34. The molecule has 0 aromatic heterocycles. The molecule has 0 aliphatic carbocycles. The van der Waals surface area contributed by atoms with E-state index < -0.39 is 6.04 Å². The highest BCUT2D eigenvalue weighted by atomic mass is 35.5. The highest BCUT2D eigenvalue weighted by Crippen LogP contribution is 2.21. The van der Waals surface area contributed by atoms with Gasteiger partial charge in [-0.15, -0.1) is 0 Å². The van der Waals surface area contributed by atoms with Crippen molar-refractivity contribution in [2.45, 2.75) is 25.3 Å². The molecule has 1 heterocycles. The van der Waals surface area contributed by atoms with Crippen molar-refractivity contribution in [3.05, 3.63) is 65.2 Å². The Hall–Kier alpha value is -2.33. The lowest BCUT2D eigenvalue weighted by Crippen LogP contribution is -2.43. The summed E-state index contributed by atoms with van der Waals surface area (Å²) in [5, 5.41) is 3.49. The van der Waals surface area contributed by atoms with Crippen molar-refractivity contribution >= 4 is 29.1 Å². The Balaban J connectivity index is 1.65. The zero-order chi connectivity index (χ0) is 16.9. The lowest BCUT2D eigenvalue weighted by molar-refractivity contribution is -0.136. The number of benzene rings is 2. The molecule has 24 heavy (non-hydrogen) atoms. The van der Waals surface area contributed by atoms with Crippen molar-refractivity contribution in [1.82, 2.24) is 4.90 Å². The number of rotatable bonds is 4. The smallest absolute Gasteiger partial charge is 0.247 e. The summed E-state index contributed by atoms with van der Waals surface area (Å²) >= 11 is 5.85. The first-order valence-electron chi connectivity index (χ1n) is 8.03. The summed E-state index contributed by atoms with van der Waals surface area (Å²) in [6.07, 6.45) is 1.87. The van der Waals surface area contributed by atoms with Gasteiger partial charge in [0.25, 0.3) is 0 Å². The maximum atomic E-state index is 12.6. The molecule has 4 nitrogen and oxygen atoms in total. The van der Waals surface area contributed by atoms with Gasteiger partial charge in [0.1, 0.15) is 6.04 Å². The lowest BCUT2D eigenvalue weighted by atomic mass is 10.1. The van der Waals surface area contributed by atoms with E-state index in [-0.39, 0.29) is 11.8 Å². The van der Waals surface area contributed by atoms with Crippen LogP contribution in [-0.2, 0) is 16.0 Å². The topological polar surface area (TPSA) is 49.4 Å². The molecule has 1 aliphatic heterocycles. The van der Waals surface area contributed by atoms with Crippen LogP contribution in [0.3, 0.4) is 0 Å². The van der Waals surface area contributed by atoms with Crippen molar-refractivity contribution in [3.63, 3.8) is 0 Å². The Morgan fingerprint density at radius 3 is 2.50 bits per heavy atom. The molecule has 2 aromatic rings. The molecular weight excluding hydrogens is 324 g/mol. The summed E-state index contributed by atoms with van der Waals surface area (Å²) in [6, 6.07) is 16.2. The number of nitrogens with zero attached hydrogens (tertiary/aromatic N) is 1. The maximum absolute atomic E-state index is 12.6. The summed E-state index contributed by atoms with van der Waals surface area (Å²) in [5.41, 5.74) is 1.65. The number of nitrogens with one attached hydrogen (secondary N) is 1. The molecule has 1 N–H and O–H groups in total. The van der Waals surface area contributed by atoms with Crippen LogP contribution in [-0.4, -0.2) is 29.3 Å². The Bertz CT molecular complexity index is 716. The number of hydrogen-bond donors (Lipinski definition) is 1. The molecule has 0 bridgehead atoms. The average molecular weight is 343 g/mol. The Labute approximate surface area is 146 Å². The standard InChI is InChI=1S/C19H19ClN2O2/c20-15-8-10-16(11-9-15)21-19(24)17-7-4-12-22(17)18(23)13-14-5-2-1-3-6-14/h1-3,5-6,8-11,17H,4,7,12-13H2,(H,21,24)/t17-/m0/s1. The van der Waals surface area contributed by atoms with Gasteiger partial charge in [-0.3, -0.25) is 9.59 Å². The van der Waals surface area contributed by atoms with Gasteiger partial charge < -0.3 is 10.2 Å². The van der Waals surface area contributed by atoms with Gasteiger partial charge in [-0.1, -0.05) is 41.9 Å². The monoisotopic (exact) mass is 342 g/mol. The lowest BCUT2D eigenvalue weighted by Gasteiger charge is -2.24. The molecule has 124 valence electrons. The number of anilines is 1. The zero-order valence-corrected chi connectivity index (χ0v) is 14.0. The number of hydrogen-bond acceptors (Lipinski definition) is 2. The summed E-state index contributed by atoms with van der Waals surface area (Å²) in [6.45, 7) is 0.629. The van der Waals surface area contributed by atoms with Crippen molar-refractivity contribution in [3.8, 4) is 0 Å². The Morgan fingerprint density at radius 2 is 1.79 bits per heavy atom. The molecule has 3 rings (SSSR count). The van der Waals surface area contributed by atoms with Gasteiger partial charge >= 0.3 is 0 Å². The Kier molecular flexibility index (Phi) is 5.16. The summed E-state index contributed by atoms with van der Waals surface area (Å²) in [7, 11) is 0. The fourth-order valence-electron chi connectivity index (χ4n) is 2.97. The van der Waals surface area contributed by atoms with E-state index in [1.165, 1.54) is 0 Å². The fraction of sp³-hybridized carbons (Fsp3) is 0.263. The van der Waals surface area contributed by atoms with E-state index in [2.05, 4.69) is 5.32 Å². The van der Waals surface area contributed by atoms with Gasteiger partial charge in [0.15, 0.2) is 0 Å². The van der Waals surface area contributed by atoms with E-state index in [1.807, 2.05) is 30.3 Å². The molecule has 5 heteroatoms. The molecular formula is C19H19ClN2O2. The molecule has 0 unspecified atom stereocenters. The van der Waals surface area contributed by atoms with Crippen molar-refractivity contribution in [2.75, 3.05) is 11.9 Å². The molecule has 0 radical (unpaired) electrons. The first-order valence-corrected chi connectivity index (χ1v) is 8.41. The van der Waals surface area contributed by atoms with Crippen LogP contribution in [0, 0.1) is 0 Å². The third-order valence-electron chi connectivity index (χ3n) is 4.19. The first-order chi connectivity index (χ1) is 11.6. The molecule has 1 atom stereocenters. The molecule has 1 aliphatic rings. The predicted molar refractivity (Wildman–Crippen MR) is 95.0 cm³/mol. The largest absolute Gasteiger partial charge is 0.330 e. The van der Waals surface area contributed by atoms with Crippen molar-refractivity contribution in [2.24, 2.45) is 0 Å². The quantitative estimate of drug-likeness (QED) is 0.924. The minimum absolute atomic E-state index is 0.00467. The predicted octanol–water partition coefficient (Wildman–Crippen LogP) is 3.51. The second-order valence-electron chi connectivity index (χ2n) is 5.90. The van der Waals surface area contributed by atoms with E-state index in [9.17, 15) is 9.59 Å². The molecule has 1 saturated heterocycles. The number of carbonyl (C=O) groups is 2. The highest BCUT2D eigenvalue weighted by Gasteiger charge is 2.33. The van der Waals surface area contributed by atoms with Crippen LogP contribution >= 0.6 is 11.6 Å². The highest BCUT2D eigenvalue weighted by molar-refractivity contribution is 6.30. The Morgan fingerprint density at radius 1 is 1.08 bits per heavy atom. The van der Waals surface area contributed by atoms with E-state index in [0.29, 0.717) is 30.1 Å². The van der Waals surface area contributed by atoms with Crippen LogP contribution in [0.2, 0.25) is 5.02 Å². The van der Waals surface area contributed by atoms with Gasteiger partial charge in [-0.25, -0.2) is 0 Å². The second kappa shape index (κ2) is 7.49. The van der Waals surface area contributed by atoms with Gasteiger partial charge in [-0.05, 0) is 42.7 Å². The summed E-state index contributed by atoms with van der Waals surface area (Å²) < 4.78 is 0. The van der Waals surface area contributed by atoms with Crippen molar-refractivity contribution < 1.29 is 9.59 Å².